The SMILES string of the molecule is CCC1CC1n1cc[nH]c1=S. The van der Waals surface area contributed by atoms with E-state index in [4.69, 9.17) is 12.2 Å². The van der Waals surface area contributed by atoms with Crippen molar-refractivity contribution in [2.24, 2.45) is 5.92 Å². The molecule has 0 amide bonds. The van der Waals surface area contributed by atoms with Crippen LogP contribution in [-0.4, -0.2) is 9.55 Å². The zero-order valence-electron chi connectivity index (χ0n) is 6.58. The van der Waals surface area contributed by atoms with E-state index in [0.717, 1.165) is 10.7 Å². The zero-order valence-corrected chi connectivity index (χ0v) is 7.40. The molecule has 1 aromatic heterocycles. The Morgan fingerprint density at radius 1 is 1.82 bits per heavy atom. The van der Waals surface area contributed by atoms with Gasteiger partial charge in [0, 0.05) is 18.4 Å². The number of H-pyrrole nitrogens is 1. The second-order valence-corrected chi connectivity index (χ2v) is 3.53. The van der Waals surface area contributed by atoms with Gasteiger partial charge in [-0.15, -0.1) is 0 Å². The minimum absolute atomic E-state index is 0.693. The van der Waals surface area contributed by atoms with E-state index in [1.807, 2.05) is 12.4 Å². The Bertz CT molecular complexity index is 299. The van der Waals surface area contributed by atoms with Crippen molar-refractivity contribution in [3.05, 3.63) is 17.2 Å². The lowest BCUT2D eigenvalue weighted by Gasteiger charge is -1.97. The Labute approximate surface area is 71.2 Å². The van der Waals surface area contributed by atoms with Crippen LogP contribution < -0.4 is 0 Å². The molecule has 0 aromatic carbocycles. The van der Waals surface area contributed by atoms with Gasteiger partial charge in [0.15, 0.2) is 4.77 Å². The fourth-order valence-electron chi connectivity index (χ4n) is 1.60. The molecule has 1 fully saturated rings. The molecule has 0 saturated heterocycles. The lowest BCUT2D eigenvalue weighted by Crippen LogP contribution is -1.93. The first-order valence-corrected chi connectivity index (χ1v) is 4.49. The van der Waals surface area contributed by atoms with Crippen LogP contribution in [0.1, 0.15) is 25.8 Å². The van der Waals surface area contributed by atoms with Crippen molar-refractivity contribution in [2.75, 3.05) is 0 Å². The highest BCUT2D eigenvalue weighted by molar-refractivity contribution is 7.71. The molecule has 1 aromatic rings. The van der Waals surface area contributed by atoms with Crippen LogP contribution in [0.25, 0.3) is 0 Å². The van der Waals surface area contributed by atoms with E-state index >= 15 is 0 Å². The highest BCUT2D eigenvalue weighted by Gasteiger charge is 2.36. The molecule has 2 rings (SSSR count). The average molecular weight is 168 g/mol. The number of imidazole rings is 1. The predicted molar refractivity (Wildman–Crippen MR) is 47.1 cm³/mol. The van der Waals surface area contributed by atoms with Gasteiger partial charge in [-0.2, -0.15) is 0 Å². The summed E-state index contributed by atoms with van der Waals surface area (Å²) in [6, 6.07) is 0.693. The number of aromatic amines is 1. The Morgan fingerprint density at radius 3 is 3.09 bits per heavy atom. The van der Waals surface area contributed by atoms with Crippen LogP contribution in [0.15, 0.2) is 12.4 Å². The first-order valence-electron chi connectivity index (χ1n) is 4.08. The van der Waals surface area contributed by atoms with Crippen molar-refractivity contribution < 1.29 is 0 Å². The molecule has 60 valence electrons. The van der Waals surface area contributed by atoms with Crippen LogP contribution in [0.4, 0.5) is 0 Å². The molecule has 1 saturated carbocycles. The Morgan fingerprint density at radius 2 is 2.64 bits per heavy atom. The van der Waals surface area contributed by atoms with Gasteiger partial charge >= 0.3 is 0 Å². The lowest BCUT2D eigenvalue weighted by molar-refractivity contribution is 0.634. The molecule has 1 aliphatic rings. The van der Waals surface area contributed by atoms with Gasteiger partial charge in [0.1, 0.15) is 0 Å². The van der Waals surface area contributed by atoms with Crippen LogP contribution >= 0.6 is 12.2 Å². The predicted octanol–water partition coefficient (Wildman–Crippen LogP) is 2.52. The van der Waals surface area contributed by atoms with Crippen molar-refractivity contribution >= 4 is 12.2 Å². The third kappa shape index (κ3) is 1.13. The maximum Gasteiger partial charge on any atom is 0.177 e. The van der Waals surface area contributed by atoms with Crippen LogP contribution in [-0.2, 0) is 0 Å². The summed E-state index contributed by atoms with van der Waals surface area (Å²) in [6.07, 6.45) is 6.54. The Hall–Kier alpha value is -0.570. The smallest absolute Gasteiger partial charge is 0.177 e. The normalized spacial score (nSPS) is 28.8. The maximum atomic E-state index is 5.11. The summed E-state index contributed by atoms with van der Waals surface area (Å²) in [7, 11) is 0. The van der Waals surface area contributed by atoms with Gasteiger partial charge in [-0.25, -0.2) is 0 Å². The molecule has 1 aliphatic carbocycles. The molecule has 2 atom stereocenters. The number of hydrogen-bond acceptors (Lipinski definition) is 1. The van der Waals surface area contributed by atoms with E-state index in [9.17, 15) is 0 Å². The number of hydrogen-bond donors (Lipinski definition) is 1. The molecular weight excluding hydrogens is 156 g/mol. The highest BCUT2D eigenvalue weighted by Crippen LogP contribution is 2.45. The molecule has 1 N–H and O–H groups in total. The van der Waals surface area contributed by atoms with E-state index in [2.05, 4.69) is 16.5 Å². The summed E-state index contributed by atoms with van der Waals surface area (Å²) in [5, 5.41) is 0. The number of nitrogens with zero attached hydrogens (tertiary/aromatic N) is 1. The van der Waals surface area contributed by atoms with Crippen molar-refractivity contribution in [3.8, 4) is 0 Å². The average Bonchev–Trinajstić information content (AvgIpc) is 2.68. The summed E-state index contributed by atoms with van der Waals surface area (Å²) < 4.78 is 3.04. The first kappa shape index (κ1) is 7.10. The van der Waals surface area contributed by atoms with Crippen LogP contribution in [0.3, 0.4) is 0 Å². The van der Waals surface area contributed by atoms with Crippen molar-refractivity contribution in [1.29, 1.82) is 0 Å². The largest absolute Gasteiger partial charge is 0.337 e. The van der Waals surface area contributed by atoms with Gasteiger partial charge in [0.25, 0.3) is 0 Å². The summed E-state index contributed by atoms with van der Waals surface area (Å²) in [5.74, 6) is 0.873. The molecule has 0 spiro atoms. The second kappa shape index (κ2) is 2.48. The van der Waals surface area contributed by atoms with Crippen LogP contribution in [0.5, 0.6) is 0 Å². The van der Waals surface area contributed by atoms with Crippen molar-refractivity contribution in [3.63, 3.8) is 0 Å². The Kier molecular flexibility index (Phi) is 1.60. The van der Waals surface area contributed by atoms with E-state index in [1.54, 1.807) is 0 Å². The van der Waals surface area contributed by atoms with Gasteiger partial charge in [-0.1, -0.05) is 13.3 Å². The fourth-order valence-corrected chi connectivity index (χ4v) is 1.87. The first-order chi connectivity index (χ1) is 5.33. The quantitative estimate of drug-likeness (QED) is 0.673. The van der Waals surface area contributed by atoms with Gasteiger partial charge in [0.2, 0.25) is 0 Å². The maximum absolute atomic E-state index is 5.11. The van der Waals surface area contributed by atoms with Crippen LogP contribution in [0, 0.1) is 10.7 Å². The third-order valence-corrected chi connectivity index (χ3v) is 2.77. The van der Waals surface area contributed by atoms with E-state index in [1.165, 1.54) is 12.8 Å². The molecule has 2 nitrogen and oxygen atoms in total. The summed E-state index contributed by atoms with van der Waals surface area (Å²) in [5.41, 5.74) is 0. The lowest BCUT2D eigenvalue weighted by atomic mass is 10.3. The molecule has 0 aliphatic heterocycles. The Balaban J connectivity index is 2.20. The summed E-state index contributed by atoms with van der Waals surface area (Å²) >= 11 is 5.11. The molecule has 0 bridgehead atoms. The van der Waals surface area contributed by atoms with E-state index in [0.29, 0.717) is 6.04 Å². The number of nitrogens with one attached hydrogen (secondary N) is 1. The summed E-state index contributed by atoms with van der Waals surface area (Å²) in [6.45, 7) is 2.24. The third-order valence-electron chi connectivity index (χ3n) is 2.44. The molecular formula is C8H12N2S. The van der Waals surface area contributed by atoms with E-state index < -0.39 is 0 Å². The van der Waals surface area contributed by atoms with Gasteiger partial charge in [0.05, 0.1) is 0 Å². The number of rotatable bonds is 2. The monoisotopic (exact) mass is 168 g/mol. The van der Waals surface area contributed by atoms with E-state index in [-0.39, 0.29) is 0 Å². The molecule has 0 radical (unpaired) electrons. The van der Waals surface area contributed by atoms with Crippen LogP contribution in [0.2, 0.25) is 0 Å². The second-order valence-electron chi connectivity index (χ2n) is 3.14. The number of aromatic nitrogens is 2. The zero-order chi connectivity index (χ0) is 7.84. The van der Waals surface area contributed by atoms with Gasteiger partial charge < -0.3 is 9.55 Å². The molecule has 11 heavy (non-hydrogen) atoms. The molecule has 3 heteroatoms. The van der Waals surface area contributed by atoms with Crippen molar-refractivity contribution in [1.82, 2.24) is 9.55 Å². The minimum atomic E-state index is 0.693. The molecule has 2 unspecified atom stereocenters. The standard InChI is InChI=1S/C8H12N2S/c1-2-6-5-7(6)10-4-3-9-8(10)11/h3-4,6-7H,2,5H2,1H3,(H,9,11). The highest BCUT2D eigenvalue weighted by atomic mass is 32.1. The van der Waals surface area contributed by atoms with Gasteiger partial charge in [-0.3, -0.25) is 0 Å². The molecule has 1 heterocycles. The van der Waals surface area contributed by atoms with Gasteiger partial charge in [-0.05, 0) is 24.6 Å². The minimum Gasteiger partial charge on any atom is -0.337 e. The van der Waals surface area contributed by atoms with Crippen molar-refractivity contribution in [2.45, 2.75) is 25.8 Å². The summed E-state index contributed by atoms with van der Waals surface area (Å²) in [4.78, 5) is 3.01. The fraction of sp³-hybridized carbons (Fsp3) is 0.625. The topological polar surface area (TPSA) is 20.7 Å².